The lowest BCUT2D eigenvalue weighted by atomic mass is 10.0. The highest BCUT2D eigenvalue weighted by Gasteiger charge is 2.16. The first-order valence-corrected chi connectivity index (χ1v) is 12.9. The molecule has 0 saturated carbocycles. The third-order valence-corrected chi connectivity index (χ3v) is 7.27. The molecule has 7 nitrogen and oxygen atoms in total. The Morgan fingerprint density at radius 1 is 0.892 bits per heavy atom. The molecule has 1 N–H and O–H groups in total. The largest absolute Gasteiger partial charge is 0.369 e. The zero-order chi connectivity index (χ0) is 25.9. The maximum Gasteiger partial charge on any atom is 0.253 e. The van der Waals surface area contributed by atoms with E-state index >= 15 is 0 Å². The van der Waals surface area contributed by atoms with Gasteiger partial charge in [-0.3, -0.25) is 4.79 Å². The van der Waals surface area contributed by atoms with Crippen molar-refractivity contribution in [3.63, 3.8) is 0 Å². The summed E-state index contributed by atoms with van der Waals surface area (Å²) < 4.78 is 0. The second-order valence-corrected chi connectivity index (χ2v) is 10.3. The predicted octanol–water partition coefficient (Wildman–Crippen LogP) is 4.28. The number of nitrogens with zero attached hydrogens (tertiary/aromatic N) is 5. The molecule has 2 aromatic carbocycles. The second kappa shape index (κ2) is 10.7. The van der Waals surface area contributed by atoms with Gasteiger partial charge in [0.2, 0.25) is 0 Å². The van der Waals surface area contributed by atoms with Crippen LogP contribution in [0.1, 0.15) is 10.4 Å². The molecule has 0 atom stereocenters. The van der Waals surface area contributed by atoms with Crippen LogP contribution in [0.4, 0.5) is 5.69 Å². The molecule has 0 aliphatic carbocycles. The molecule has 5 rings (SSSR count). The Bertz CT molecular complexity index is 1350. The minimum atomic E-state index is 0.0382. The van der Waals surface area contributed by atoms with Crippen LogP contribution in [-0.4, -0.2) is 98.0 Å². The van der Waals surface area contributed by atoms with Crippen LogP contribution in [0.15, 0.2) is 67.0 Å². The Morgan fingerprint density at radius 2 is 1.57 bits per heavy atom. The molecule has 3 heterocycles. The third-order valence-electron chi connectivity index (χ3n) is 7.27. The van der Waals surface area contributed by atoms with Crippen LogP contribution >= 0.6 is 0 Å². The SMILES string of the molecule is CN(C)CCN(C)C(=O)c1ccc(-c2c[nH]c3ncc(-c4ccc(N5CCN(C)CC5)cc4)cc23)cc1. The van der Waals surface area contributed by atoms with E-state index in [1.165, 1.54) is 5.69 Å². The summed E-state index contributed by atoms with van der Waals surface area (Å²) in [5.41, 5.74) is 7.21. The molecule has 0 spiro atoms. The molecule has 1 aliphatic rings. The molecule has 1 aliphatic heterocycles. The van der Waals surface area contributed by atoms with Gasteiger partial charge in [-0.1, -0.05) is 24.3 Å². The molecule has 1 amide bonds. The van der Waals surface area contributed by atoms with Crippen molar-refractivity contribution < 1.29 is 4.79 Å². The molecule has 192 valence electrons. The van der Waals surface area contributed by atoms with E-state index in [0.29, 0.717) is 12.1 Å². The van der Waals surface area contributed by atoms with Gasteiger partial charge in [-0.25, -0.2) is 4.98 Å². The number of aromatic nitrogens is 2. The first-order chi connectivity index (χ1) is 17.9. The average molecular weight is 497 g/mol. The van der Waals surface area contributed by atoms with Crippen molar-refractivity contribution in [2.75, 3.05) is 72.4 Å². The number of benzene rings is 2. The maximum absolute atomic E-state index is 12.8. The monoisotopic (exact) mass is 496 g/mol. The highest BCUT2D eigenvalue weighted by atomic mass is 16.2. The lowest BCUT2D eigenvalue weighted by molar-refractivity contribution is 0.0786. The van der Waals surface area contributed by atoms with Crippen LogP contribution in [0, 0.1) is 0 Å². The number of H-pyrrole nitrogens is 1. The fourth-order valence-corrected chi connectivity index (χ4v) is 4.79. The Hall–Kier alpha value is -3.68. The number of aromatic amines is 1. The van der Waals surface area contributed by atoms with Crippen molar-refractivity contribution >= 4 is 22.6 Å². The van der Waals surface area contributed by atoms with Crippen LogP contribution < -0.4 is 4.90 Å². The number of amides is 1. The summed E-state index contributed by atoms with van der Waals surface area (Å²) in [5.74, 6) is 0.0382. The van der Waals surface area contributed by atoms with Crippen LogP contribution in [0.3, 0.4) is 0 Å². The standard InChI is InChI=1S/C30H36N6O/c1-33(2)13-16-35(4)30(37)24-7-5-23(6-8-24)28-21-32-29-27(28)19-25(20-31-29)22-9-11-26(12-10-22)36-17-14-34(3)15-18-36/h5-12,19-21H,13-18H2,1-4H3,(H,31,32). The molecular weight excluding hydrogens is 460 g/mol. The fraction of sp³-hybridized carbons (Fsp3) is 0.333. The summed E-state index contributed by atoms with van der Waals surface area (Å²) in [6, 6.07) is 18.9. The zero-order valence-corrected chi connectivity index (χ0v) is 22.2. The lowest BCUT2D eigenvalue weighted by Gasteiger charge is -2.34. The summed E-state index contributed by atoms with van der Waals surface area (Å²) in [6.45, 7) is 5.85. The molecule has 0 unspecified atom stereocenters. The van der Waals surface area contributed by atoms with Gasteiger partial charge in [0.25, 0.3) is 5.91 Å². The molecule has 4 aromatic rings. The van der Waals surface area contributed by atoms with Crippen molar-refractivity contribution in [3.05, 3.63) is 72.6 Å². The Morgan fingerprint density at radius 3 is 2.24 bits per heavy atom. The molecule has 0 bridgehead atoms. The minimum absolute atomic E-state index is 0.0382. The topological polar surface area (TPSA) is 58.7 Å². The Balaban J connectivity index is 1.35. The van der Waals surface area contributed by atoms with Gasteiger partial charge in [0.05, 0.1) is 0 Å². The number of anilines is 1. The number of piperazine rings is 1. The first-order valence-electron chi connectivity index (χ1n) is 12.9. The van der Waals surface area contributed by atoms with E-state index in [2.05, 4.69) is 57.1 Å². The number of hydrogen-bond acceptors (Lipinski definition) is 5. The number of rotatable bonds is 7. The van der Waals surface area contributed by atoms with Gasteiger partial charge in [-0.15, -0.1) is 0 Å². The molecule has 37 heavy (non-hydrogen) atoms. The Labute approximate surface area is 219 Å². The fourth-order valence-electron chi connectivity index (χ4n) is 4.79. The maximum atomic E-state index is 12.8. The van der Waals surface area contributed by atoms with E-state index in [0.717, 1.165) is 66.0 Å². The van der Waals surface area contributed by atoms with Gasteiger partial charge in [-0.05, 0) is 62.6 Å². The molecular formula is C30H36N6O. The van der Waals surface area contributed by atoms with E-state index in [1.54, 1.807) is 4.90 Å². The number of fused-ring (bicyclic) bond motifs is 1. The van der Waals surface area contributed by atoms with Crippen LogP contribution in [-0.2, 0) is 0 Å². The summed E-state index contributed by atoms with van der Waals surface area (Å²) in [5, 5.41) is 1.07. The Kier molecular flexibility index (Phi) is 7.26. The number of carbonyl (C=O) groups is 1. The second-order valence-electron chi connectivity index (χ2n) is 10.3. The number of pyridine rings is 1. The predicted molar refractivity (Wildman–Crippen MR) is 152 cm³/mol. The lowest BCUT2D eigenvalue weighted by Crippen LogP contribution is -2.44. The summed E-state index contributed by atoms with van der Waals surface area (Å²) in [6.07, 6.45) is 3.93. The van der Waals surface area contributed by atoms with E-state index in [4.69, 9.17) is 4.98 Å². The molecule has 0 radical (unpaired) electrons. The first kappa shape index (κ1) is 25.0. The number of likely N-dealkylation sites (N-methyl/N-ethyl adjacent to an activating group) is 3. The van der Waals surface area contributed by atoms with Crippen molar-refractivity contribution in [1.29, 1.82) is 0 Å². The van der Waals surface area contributed by atoms with Gasteiger partial charge in [0.15, 0.2) is 0 Å². The van der Waals surface area contributed by atoms with E-state index in [-0.39, 0.29) is 5.91 Å². The van der Waals surface area contributed by atoms with E-state index in [9.17, 15) is 4.79 Å². The van der Waals surface area contributed by atoms with Crippen LogP contribution in [0.2, 0.25) is 0 Å². The van der Waals surface area contributed by atoms with Gasteiger partial charge >= 0.3 is 0 Å². The van der Waals surface area contributed by atoms with Crippen LogP contribution in [0.25, 0.3) is 33.3 Å². The van der Waals surface area contributed by atoms with Crippen molar-refractivity contribution in [2.24, 2.45) is 0 Å². The molecule has 1 fully saturated rings. The van der Waals surface area contributed by atoms with Gasteiger partial charge < -0.3 is 24.6 Å². The highest BCUT2D eigenvalue weighted by molar-refractivity contribution is 5.98. The average Bonchev–Trinajstić information content (AvgIpc) is 3.35. The summed E-state index contributed by atoms with van der Waals surface area (Å²) in [7, 11) is 8.06. The number of hydrogen-bond donors (Lipinski definition) is 1. The summed E-state index contributed by atoms with van der Waals surface area (Å²) >= 11 is 0. The zero-order valence-electron chi connectivity index (χ0n) is 22.2. The quantitative estimate of drug-likeness (QED) is 0.414. The minimum Gasteiger partial charge on any atom is -0.369 e. The molecule has 2 aromatic heterocycles. The number of nitrogens with one attached hydrogen (secondary N) is 1. The third kappa shape index (κ3) is 5.53. The van der Waals surface area contributed by atoms with Crippen molar-refractivity contribution in [2.45, 2.75) is 0 Å². The van der Waals surface area contributed by atoms with Gasteiger partial charge in [0.1, 0.15) is 5.65 Å². The smallest absolute Gasteiger partial charge is 0.253 e. The van der Waals surface area contributed by atoms with E-state index in [1.807, 2.05) is 57.8 Å². The highest BCUT2D eigenvalue weighted by Crippen LogP contribution is 2.32. The van der Waals surface area contributed by atoms with Gasteiger partial charge in [0, 0.05) is 86.5 Å². The van der Waals surface area contributed by atoms with E-state index < -0.39 is 0 Å². The van der Waals surface area contributed by atoms with Crippen molar-refractivity contribution in [3.8, 4) is 22.3 Å². The summed E-state index contributed by atoms with van der Waals surface area (Å²) in [4.78, 5) is 29.5. The number of carbonyl (C=O) groups excluding carboxylic acids is 1. The van der Waals surface area contributed by atoms with Gasteiger partial charge in [-0.2, -0.15) is 0 Å². The normalized spacial score (nSPS) is 14.5. The molecule has 7 heteroatoms. The van der Waals surface area contributed by atoms with Crippen LogP contribution in [0.5, 0.6) is 0 Å². The molecule has 1 saturated heterocycles. The van der Waals surface area contributed by atoms with Crippen molar-refractivity contribution in [1.82, 2.24) is 24.7 Å².